The van der Waals surface area contributed by atoms with Crippen molar-refractivity contribution in [3.8, 4) is 45.3 Å². The van der Waals surface area contributed by atoms with E-state index in [-0.39, 0.29) is 49.2 Å². The lowest BCUT2D eigenvalue weighted by Gasteiger charge is -2.25. The van der Waals surface area contributed by atoms with Crippen molar-refractivity contribution in [2.24, 2.45) is 5.73 Å². The highest BCUT2D eigenvalue weighted by Gasteiger charge is 2.28. The van der Waals surface area contributed by atoms with Crippen molar-refractivity contribution in [3.05, 3.63) is 221 Å². The van der Waals surface area contributed by atoms with E-state index in [0.717, 1.165) is 11.1 Å². The zero-order valence-corrected chi connectivity index (χ0v) is 59.5. The summed E-state index contributed by atoms with van der Waals surface area (Å²) in [5.74, 6) is -0.394. The fraction of sp³-hybridized carbons (Fsp3) is 0.205. The number of aromatic amines is 3. The Kier molecular flexibility index (Phi) is 21.1. The van der Waals surface area contributed by atoms with E-state index in [2.05, 4.69) is 55.5 Å². The van der Waals surface area contributed by atoms with Gasteiger partial charge in [0.1, 0.15) is 22.6 Å². The van der Waals surface area contributed by atoms with E-state index in [9.17, 15) is 44.4 Å². The summed E-state index contributed by atoms with van der Waals surface area (Å²) >= 11 is 6.12. The van der Waals surface area contributed by atoms with Crippen LogP contribution in [0.25, 0.3) is 67.3 Å². The van der Waals surface area contributed by atoms with Gasteiger partial charge in [-0.25, -0.2) is 55.2 Å². The number of hydrogen-bond acceptors (Lipinski definition) is 18. The Balaban J connectivity index is 0.000000196. The Bertz CT molecular complexity index is 5520. The molecule has 29 heteroatoms. The van der Waals surface area contributed by atoms with Gasteiger partial charge in [-0.05, 0) is 126 Å². The van der Waals surface area contributed by atoms with Crippen LogP contribution in [0.3, 0.4) is 0 Å². The summed E-state index contributed by atoms with van der Waals surface area (Å²) < 4.78 is 85.0. The van der Waals surface area contributed by atoms with Crippen LogP contribution in [0.2, 0.25) is 5.02 Å². The minimum atomic E-state index is -3.39. The molecule has 530 valence electrons. The summed E-state index contributed by atoms with van der Waals surface area (Å²) in [6, 6.07) is 39.8. The zero-order chi connectivity index (χ0) is 72.9. The van der Waals surface area contributed by atoms with Gasteiger partial charge >= 0.3 is 0 Å². The molecule has 1 aliphatic heterocycles. The summed E-state index contributed by atoms with van der Waals surface area (Å²) in [5, 5.41) is 4.61. The van der Waals surface area contributed by atoms with Crippen molar-refractivity contribution < 1.29 is 58.2 Å². The number of aromatic nitrogens is 9. The van der Waals surface area contributed by atoms with Crippen molar-refractivity contribution in [1.82, 2.24) is 60.4 Å². The minimum absolute atomic E-state index is 0. The van der Waals surface area contributed by atoms with E-state index in [4.69, 9.17) is 26.8 Å². The molecule has 0 fully saturated rings. The Morgan fingerprint density at radius 2 is 0.951 bits per heavy atom. The van der Waals surface area contributed by atoms with Crippen LogP contribution in [0.4, 0.5) is 0 Å². The quantitative estimate of drug-likeness (QED) is 0.0438. The molecular formula is C73H76ClN13O12S3. The first kappa shape index (κ1) is 72.1. The predicted molar refractivity (Wildman–Crippen MR) is 393 cm³/mol. The van der Waals surface area contributed by atoms with Crippen molar-refractivity contribution in [3.63, 3.8) is 0 Å². The molecule has 6 aromatic heterocycles. The van der Waals surface area contributed by atoms with E-state index in [1.165, 1.54) is 24.5 Å². The van der Waals surface area contributed by atoms with Gasteiger partial charge in [0.25, 0.3) is 17.7 Å². The molecule has 12 aromatic rings. The molecule has 1 aliphatic rings. The monoisotopic (exact) mass is 1460 g/mol. The smallest absolute Gasteiger partial charge is 0.257 e. The zero-order valence-electron chi connectivity index (χ0n) is 56.3. The van der Waals surface area contributed by atoms with Crippen LogP contribution < -0.4 is 25.8 Å². The fourth-order valence-electron chi connectivity index (χ4n) is 10.7. The first-order valence-electron chi connectivity index (χ1n) is 32.0. The van der Waals surface area contributed by atoms with E-state index in [0.29, 0.717) is 107 Å². The van der Waals surface area contributed by atoms with Gasteiger partial charge in [0.05, 0.1) is 88.8 Å². The Morgan fingerprint density at radius 3 is 1.39 bits per heavy atom. The third-order valence-corrected chi connectivity index (χ3v) is 23.7. The molecule has 25 nitrogen and oxygen atoms in total. The van der Waals surface area contributed by atoms with Gasteiger partial charge in [-0.2, -0.15) is 0 Å². The molecule has 0 saturated carbocycles. The molecule has 2 atom stereocenters. The second-order valence-electron chi connectivity index (χ2n) is 24.6. The Hall–Kier alpha value is -11.2. The van der Waals surface area contributed by atoms with Gasteiger partial charge in [-0.1, -0.05) is 96.5 Å². The number of amides is 4. The standard InChI is InChI=1S/C25H25ClN4O3S.C24H23N5O4S.C24H22N4O5S.3H2/c1-15(2)34(32,33)20-10-8-17(9-11-20)22-14-28-24-23(29-22)21(13-27-24)25(31)30(4)16(3)18-6-5-7-19(26)12-18;1-14(2)34(32,33)17-10-8-15(9-11-17)19-13-27-23-21(28-19)18(12-26-23)24(31)29-20(22(25)30)16-6-4-3-5-7-16;1-14(2)34(30,31)17-6-4-16(5-7-17)19-12-26-23-22(28-19)18(11-25-23)24(29)27-10-15-3-8-20-21(9-15)33-13-32-20;;;/h5-16H,1-4H3,(H,27,28);3-14,20H,1-2H3,(H2,25,30)(H,26,27)(H,29,31);3-9,11-12,14H,10,13H2,1-2H3,(H,25,26)(H,27,29);3*1H/t;20-;;;;/m.1..../s1. The summed E-state index contributed by atoms with van der Waals surface area (Å²) in [6.45, 7) is 12.3. The third-order valence-electron chi connectivity index (χ3n) is 17.0. The van der Waals surface area contributed by atoms with E-state index in [1.807, 2.05) is 43.3 Å². The third kappa shape index (κ3) is 15.4. The topological polar surface area (TPSA) is 367 Å². The number of sulfone groups is 3. The SMILES string of the molecule is CC(C)S(=O)(=O)c1ccc(-c2cnc3[nH]cc(C(=O)NCc4ccc5c(c4)OCO5)c3n2)cc1.CC(C)S(=O)(=O)c1ccc(-c2cnc3[nH]cc(C(=O)N[C@@H](C(N)=O)c4ccccc4)c3n2)cc1.CC(c1cccc(Cl)c1)N(C)C(=O)c1c[nH]c2ncc(-c3ccc(S(=O)(=O)C(C)C)cc3)nc12.[HH].[HH].[HH]. The fourth-order valence-corrected chi connectivity index (χ4v) is 14.1. The Morgan fingerprint density at radius 1 is 0.529 bits per heavy atom. The van der Waals surface area contributed by atoms with E-state index in [1.54, 1.807) is 175 Å². The van der Waals surface area contributed by atoms with Crippen molar-refractivity contribution in [2.45, 2.75) is 97.5 Å². The molecule has 0 spiro atoms. The van der Waals surface area contributed by atoms with Crippen LogP contribution >= 0.6 is 11.6 Å². The number of halogens is 1. The van der Waals surface area contributed by atoms with Crippen LogP contribution in [0.5, 0.6) is 11.5 Å². The van der Waals surface area contributed by atoms with Gasteiger partial charge < -0.3 is 45.7 Å². The molecule has 0 aliphatic carbocycles. The lowest BCUT2D eigenvalue weighted by molar-refractivity contribution is -0.120. The highest BCUT2D eigenvalue weighted by molar-refractivity contribution is 7.92. The van der Waals surface area contributed by atoms with Gasteiger partial charge in [-0.3, -0.25) is 19.2 Å². The van der Waals surface area contributed by atoms with Crippen LogP contribution in [0, 0.1) is 0 Å². The largest absolute Gasteiger partial charge is 0.454 e. The predicted octanol–water partition coefficient (Wildman–Crippen LogP) is 12.3. The molecule has 7 N–H and O–H groups in total. The highest BCUT2D eigenvalue weighted by Crippen LogP contribution is 2.34. The molecule has 0 saturated heterocycles. The summed E-state index contributed by atoms with van der Waals surface area (Å²) in [5.41, 5.74) is 15.0. The number of carbonyl (C=O) groups is 4. The molecule has 0 radical (unpaired) electrons. The molecule has 102 heavy (non-hydrogen) atoms. The second-order valence-corrected chi connectivity index (χ2v) is 32.5. The number of nitrogens with one attached hydrogen (secondary N) is 5. The maximum Gasteiger partial charge on any atom is 0.257 e. The number of nitrogens with two attached hydrogens (primary N) is 1. The van der Waals surface area contributed by atoms with Gasteiger partial charge in [-0.15, -0.1) is 0 Å². The number of nitrogens with zero attached hydrogens (tertiary/aromatic N) is 7. The lowest BCUT2D eigenvalue weighted by atomic mass is 10.1. The summed E-state index contributed by atoms with van der Waals surface area (Å²) in [6.07, 6.45) is 9.35. The molecule has 1 unspecified atom stereocenters. The average molecular weight is 1460 g/mol. The minimum Gasteiger partial charge on any atom is -0.454 e. The van der Waals surface area contributed by atoms with Gasteiger partial charge in [0.2, 0.25) is 12.7 Å². The number of benzene rings is 6. The van der Waals surface area contributed by atoms with E-state index >= 15 is 0 Å². The molecular weight excluding hydrogens is 1380 g/mol. The first-order valence-corrected chi connectivity index (χ1v) is 37.0. The first-order chi connectivity index (χ1) is 48.6. The number of hydrogen-bond donors (Lipinski definition) is 6. The van der Waals surface area contributed by atoms with Gasteiger partial charge in [0.15, 0.2) is 58.0 Å². The van der Waals surface area contributed by atoms with Crippen molar-refractivity contribution in [1.29, 1.82) is 0 Å². The van der Waals surface area contributed by atoms with Crippen LogP contribution in [0.1, 0.15) is 113 Å². The number of H-pyrrole nitrogens is 3. The van der Waals surface area contributed by atoms with Gasteiger partial charge in [0, 0.05) is 58.2 Å². The normalized spacial score (nSPS) is 12.7. The van der Waals surface area contributed by atoms with Crippen LogP contribution in [0.15, 0.2) is 197 Å². The maximum absolute atomic E-state index is 13.3. The molecule has 13 rings (SSSR count). The average Bonchev–Trinajstić information content (AvgIpc) is 1.72. The maximum atomic E-state index is 13.3. The van der Waals surface area contributed by atoms with Crippen molar-refractivity contribution in [2.75, 3.05) is 13.8 Å². The molecule has 4 amide bonds. The lowest BCUT2D eigenvalue weighted by Crippen LogP contribution is -2.37. The molecule has 0 bridgehead atoms. The number of ether oxygens (including phenoxy) is 2. The number of rotatable bonds is 19. The Labute approximate surface area is 597 Å². The highest BCUT2D eigenvalue weighted by atomic mass is 35.5. The molecule has 7 heterocycles. The number of carbonyl (C=O) groups excluding carboxylic acids is 4. The van der Waals surface area contributed by atoms with Crippen LogP contribution in [-0.4, -0.2) is 128 Å². The van der Waals surface area contributed by atoms with E-state index < -0.39 is 63.1 Å². The second kappa shape index (κ2) is 29.9. The van der Waals surface area contributed by atoms with Crippen LogP contribution in [-0.2, 0) is 40.9 Å². The molecule has 6 aromatic carbocycles. The summed E-state index contributed by atoms with van der Waals surface area (Å²) in [4.78, 5) is 89.4. The number of primary amides is 1. The number of fused-ring (bicyclic) bond motifs is 4. The summed E-state index contributed by atoms with van der Waals surface area (Å²) in [7, 11) is -8.38. The van der Waals surface area contributed by atoms with Crippen molar-refractivity contribution >= 4 is 98.2 Å².